The molecule has 39 heavy (non-hydrogen) atoms. The molecule has 2 fully saturated rings. The minimum atomic E-state index is -0.349. The summed E-state index contributed by atoms with van der Waals surface area (Å²) < 4.78 is 5.44. The summed E-state index contributed by atoms with van der Waals surface area (Å²) in [5, 5.41) is 10.5. The molecule has 0 aliphatic heterocycles. The molecule has 0 saturated heterocycles. The van der Waals surface area contributed by atoms with Gasteiger partial charge in [0.15, 0.2) is 5.82 Å². The summed E-state index contributed by atoms with van der Waals surface area (Å²) in [5.74, 6) is 1.19. The summed E-state index contributed by atoms with van der Waals surface area (Å²) in [7, 11) is 0. The molecular formula is C31H47N5O3. The first-order valence-corrected chi connectivity index (χ1v) is 15.3. The van der Waals surface area contributed by atoms with Gasteiger partial charge in [-0.05, 0) is 50.0 Å². The van der Waals surface area contributed by atoms with Gasteiger partial charge in [-0.3, -0.25) is 9.89 Å². The van der Waals surface area contributed by atoms with Crippen molar-refractivity contribution in [1.29, 1.82) is 0 Å². The van der Waals surface area contributed by atoms with Gasteiger partial charge in [-0.25, -0.2) is 9.78 Å². The van der Waals surface area contributed by atoms with Crippen LogP contribution in [0.3, 0.4) is 0 Å². The van der Waals surface area contributed by atoms with Gasteiger partial charge >= 0.3 is 6.09 Å². The van der Waals surface area contributed by atoms with Crippen molar-refractivity contribution in [2.24, 2.45) is 5.92 Å². The molecule has 2 aliphatic rings. The first kappa shape index (κ1) is 29.1. The van der Waals surface area contributed by atoms with E-state index in [1.807, 2.05) is 18.2 Å². The molecule has 2 saturated carbocycles. The van der Waals surface area contributed by atoms with Crippen molar-refractivity contribution in [2.45, 2.75) is 121 Å². The van der Waals surface area contributed by atoms with Crippen LogP contribution in [-0.2, 0) is 16.0 Å². The van der Waals surface area contributed by atoms with Gasteiger partial charge in [-0.15, -0.1) is 0 Å². The number of aromatic amines is 1. The van der Waals surface area contributed by atoms with Crippen LogP contribution in [-0.4, -0.2) is 50.8 Å². The molecule has 4 rings (SSSR count). The zero-order valence-electron chi connectivity index (χ0n) is 23.7. The molecule has 2 atom stereocenters. The Balaban J connectivity index is 1.51. The lowest BCUT2D eigenvalue weighted by molar-refractivity contribution is -0.138. The number of nitrogens with zero attached hydrogens (tertiary/aromatic N) is 3. The maximum atomic E-state index is 14.2. The Morgan fingerprint density at radius 2 is 1.77 bits per heavy atom. The normalized spacial score (nSPS) is 18.3. The zero-order valence-corrected chi connectivity index (χ0v) is 23.7. The second kappa shape index (κ2) is 15.6. The highest BCUT2D eigenvalue weighted by Crippen LogP contribution is 2.33. The minimum absolute atomic E-state index is 0.0485. The van der Waals surface area contributed by atoms with Crippen molar-refractivity contribution in [3.05, 3.63) is 48.0 Å². The van der Waals surface area contributed by atoms with Gasteiger partial charge < -0.3 is 15.0 Å². The molecule has 2 N–H and O–H groups in total. The molecular weight excluding hydrogens is 490 g/mol. The molecule has 1 unspecified atom stereocenters. The van der Waals surface area contributed by atoms with Crippen molar-refractivity contribution < 1.29 is 14.3 Å². The number of ether oxygens (including phenoxy) is 1. The van der Waals surface area contributed by atoms with Gasteiger partial charge in [-0.2, -0.15) is 5.10 Å². The Bertz CT molecular complexity index is 971. The van der Waals surface area contributed by atoms with Gasteiger partial charge in [0, 0.05) is 24.9 Å². The molecule has 8 heteroatoms. The summed E-state index contributed by atoms with van der Waals surface area (Å²) in [6.07, 6.45) is 16.1. The number of amides is 2. The van der Waals surface area contributed by atoms with Crippen LogP contribution in [0.2, 0.25) is 0 Å². The van der Waals surface area contributed by atoms with Crippen LogP contribution < -0.4 is 5.32 Å². The Morgan fingerprint density at radius 1 is 1.05 bits per heavy atom. The van der Waals surface area contributed by atoms with E-state index in [4.69, 9.17) is 4.74 Å². The lowest BCUT2D eigenvalue weighted by Gasteiger charge is -2.40. The Labute approximate surface area is 233 Å². The molecule has 8 nitrogen and oxygen atoms in total. The quantitative estimate of drug-likeness (QED) is 0.284. The van der Waals surface area contributed by atoms with Crippen molar-refractivity contribution in [1.82, 2.24) is 25.4 Å². The standard InChI is InChI=1S/C31H47N5O3/c1-2-3-21-39-31(38)34-27(25-15-9-5-10-16-25)19-20-29(37)36(26-17-11-6-12-18-26)28(30-32-23-33-35-30)22-24-13-7-4-8-14-24/h4,7-8,13-14,23,25-28H,2-3,5-6,9-12,15-22H2,1H3,(H,34,38)(H,32,33,35)/t27-,28?/m0/s1. The number of benzene rings is 1. The van der Waals surface area contributed by atoms with Gasteiger partial charge in [-0.1, -0.05) is 82.2 Å². The Kier molecular flexibility index (Phi) is 11.7. The van der Waals surface area contributed by atoms with Crippen molar-refractivity contribution in [3.8, 4) is 0 Å². The number of nitrogens with one attached hydrogen (secondary N) is 2. The number of alkyl carbamates (subject to hydrolysis) is 1. The van der Waals surface area contributed by atoms with Crippen LogP contribution >= 0.6 is 0 Å². The first-order valence-electron chi connectivity index (χ1n) is 15.3. The van der Waals surface area contributed by atoms with Crippen molar-refractivity contribution in [3.63, 3.8) is 0 Å². The monoisotopic (exact) mass is 537 g/mol. The van der Waals surface area contributed by atoms with Crippen LogP contribution in [0.5, 0.6) is 0 Å². The fourth-order valence-electron chi connectivity index (χ4n) is 6.39. The van der Waals surface area contributed by atoms with Gasteiger partial charge in [0.2, 0.25) is 5.91 Å². The highest BCUT2D eigenvalue weighted by Gasteiger charge is 2.35. The number of rotatable bonds is 13. The first-order chi connectivity index (χ1) is 19.2. The second-order valence-electron chi connectivity index (χ2n) is 11.3. The van der Waals surface area contributed by atoms with E-state index in [-0.39, 0.29) is 30.1 Å². The lowest BCUT2D eigenvalue weighted by atomic mass is 9.82. The van der Waals surface area contributed by atoms with E-state index in [1.165, 1.54) is 25.7 Å². The van der Waals surface area contributed by atoms with Crippen LogP contribution in [0.4, 0.5) is 4.79 Å². The van der Waals surface area contributed by atoms with E-state index in [1.54, 1.807) is 6.33 Å². The van der Waals surface area contributed by atoms with E-state index >= 15 is 0 Å². The number of carbonyl (C=O) groups is 2. The van der Waals surface area contributed by atoms with E-state index in [0.29, 0.717) is 37.6 Å². The predicted molar refractivity (Wildman–Crippen MR) is 152 cm³/mol. The summed E-state index contributed by atoms with van der Waals surface area (Å²) in [4.78, 5) is 33.4. The molecule has 0 spiro atoms. The molecule has 1 aromatic heterocycles. The number of unbranched alkanes of at least 4 members (excludes halogenated alkanes) is 1. The van der Waals surface area contributed by atoms with E-state index < -0.39 is 0 Å². The molecule has 2 aliphatic carbocycles. The number of aromatic nitrogens is 3. The minimum Gasteiger partial charge on any atom is -0.450 e. The smallest absolute Gasteiger partial charge is 0.407 e. The molecule has 2 amide bonds. The highest BCUT2D eigenvalue weighted by atomic mass is 16.5. The zero-order chi connectivity index (χ0) is 27.3. The molecule has 1 aromatic carbocycles. The van der Waals surface area contributed by atoms with Gasteiger partial charge in [0.1, 0.15) is 6.33 Å². The number of hydrogen-bond acceptors (Lipinski definition) is 5. The Morgan fingerprint density at radius 3 is 2.44 bits per heavy atom. The van der Waals surface area contributed by atoms with E-state index in [0.717, 1.165) is 56.9 Å². The predicted octanol–water partition coefficient (Wildman–Crippen LogP) is 6.51. The summed E-state index contributed by atoms with van der Waals surface area (Å²) in [6, 6.07) is 10.2. The molecule has 0 bridgehead atoms. The molecule has 1 heterocycles. The number of hydrogen-bond donors (Lipinski definition) is 2. The number of carbonyl (C=O) groups excluding carboxylic acids is 2. The average molecular weight is 538 g/mol. The fraction of sp³-hybridized carbons (Fsp3) is 0.677. The third kappa shape index (κ3) is 8.80. The Hall–Kier alpha value is -2.90. The van der Waals surface area contributed by atoms with Crippen LogP contribution in [0.1, 0.15) is 114 Å². The topological polar surface area (TPSA) is 100 Å². The molecule has 2 aromatic rings. The van der Waals surface area contributed by atoms with Crippen LogP contribution in [0.25, 0.3) is 0 Å². The van der Waals surface area contributed by atoms with Crippen LogP contribution in [0.15, 0.2) is 36.7 Å². The third-order valence-corrected chi connectivity index (χ3v) is 8.52. The van der Waals surface area contributed by atoms with Crippen LogP contribution in [0, 0.1) is 5.92 Å². The summed E-state index contributed by atoms with van der Waals surface area (Å²) >= 11 is 0. The van der Waals surface area contributed by atoms with Gasteiger partial charge in [0.05, 0.1) is 12.6 Å². The van der Waals surface area contributed by atoms with Gasteiger partial charge in [0.25, 0.3) is 0 Å². The largest absolute Gasteiger partial charge is 0.450 e. The van der Waals surface area contributed by atoms with Crippen molar-refractivity contribution in [2.75, 3.05) is 6.61 Å². The maximum Gasteiger partial charge on any atom is 0.407 e. The van der Waals surface area contributed by atoms with E-state index in [2.05, 4.69) is 44.5 Å². The summed E-state index contributed by atoms with van der Waals surface area (Å²) in [5.41, 5.74) is 1.16. The lowest BCUT2D eigenvalue weighted by Crippen LogP contribution is -2.46. The fourth-order valence-corrected chi connectivity index (χ4v) is 6.39. The SMILES string of the molecule is CCCCOC(=O)N[C@@H](CCC(=O)N(C1CCCCC1)C(Cc1ccccc1)c1nc[nH]n1)C1CCCCC1. The molecule has 0 radical (unpaired) electrons. The van der Waals surface area contributed by atoms with E-state index in [9.17, 15) is 9.59 Å². The third-order valence-electron chi connectivity index (χ3n) is 8.52. The number of H-pyrrole nitrogens is 1. The highest BCUT2D eigenvalue weighted by molar-refractivity contribution is 5.77. The van der Waals surface area contributed by atoms with Crippen molar-refractivity contribution >= 4 is 12.0 Å². The second-order valence-corrected chi connectivity index (χ2v) is 11.3. The average Bonchev–Trinajstić information content (AvgIpc) is 3.52. The molecule has 214 valence electrons. The maximum absolute atomic E-state index is 14.2. The summed E-state index contributed by atoms with van der Waals surface area (Å²) in [6.45, 7) is 2.52.